The molecule has 144 valence electrons. The van der Waals surface area contributed by atoms with E-state index >= 15 is 0 Å². The van der Waals surface area contributed by atoms with E-state index in [2.05, 4.69) is 20.4 Å². The number of nitro groups is 1. The second-order valence-corrected chi connectivity index (χ2v) is 5.96. The van der Waals surface area contributed by atoms with Crippen LogP contribution >= 0.6 is 0 Å². The Morgan fingerprint density at radius 3 is 2.83 bits per heavy atom. The number of pyridine rings is 1. The van der Waals surface area contributed by atoms with E-state index in [1.54, 1.807) is 36.7 Å². The molecule has 10 nitrogen and oxygen atoms in total. The number of carbonyl (C=O) groups excluding carboxylic acids is 1. The van der Waals surface area contributed by atoms with Gasteiger partial charge in [0.25, 0.3) is 11.6 Å². The predicted octanol–water partition coefficient (Wildman–Crippen LogP) is 3.14. The minimum Gasteiger partial charge on any atom is -0.467 e. The van der Waals surface area contributed by atoms with Crippen molar-refractivity contribution in [2.75, 3.05) is 5.32 Å². The van der Waals surface area contributed by atoms with Crippen LogP contribution in [-0.4, -0.2) is 30.6 Å². The summed E-state index contributed by atoms with van der Waals surface area (Å²) in [5, 5.41) is 18.3. The Hall–Kier alpha value is -4.34. The molecule has 0 saturated carbocycles. The molecule has 0 aliphatic carbocycles. The fourth-order valence-electron chi connectivity index (χ4n) is 2.64. The van der Waals surface area contributed by atoms with Gasteiger partial charge in [0.1, 0.15) is 5.76 Å². The second-order valence-electron chi connectivity index (χ2n) is 5.96. The maximum Gasteiger partial charge on any atom is 0.281 e. The third kappa shape index (κ3) is 3.86. The number of nitrogens with one attached hydrogen (secondary N) is 1. The molecule has 0 fully saturated rings. The topological polar surface area (TPSA) is 129 Å². The van der Waals surface area contributed by atoms with Crippen molar-refractivity contribution in [1.82, 2.24) is 19.7 Å². The summed E-state index contributed by atoms with van der Waals surface area (Å²) >= 11 is 0. The fourth-order valence-corrected chi connectivity index (χ4v) is 2.64. The quantitative estimate of drug-likeness (QED) is 0.393. The SMILES string of the molecule is O=C(c1cccc([N+](=O)[O-])c1)n1nc(-c2cccnc2)nc1NCc1ccco1. The van der Waals surface area contributed by atoms with Gasteiger partial charge in [0.05, 0.1) is 17.7 Å². The van der Waals surface area contributed by atoms with Crippen LogP contribution in [0.2, 0.25) is 0 Å². The number of carbonyl (C=O) groups is 1. The molecule has 0 amide bonds. The average Bonchev–Trinajstić information content (AvgIpc) is 3.42. The standard InChI is InChI=1S/C19H14N6O4/c26-18(13-4-1-6-15(10-13)25(27)28)24-19(21-12-16-7-3-9-29-16)22-17(23-24)14-5-2-8-20-11-14/h1-11H,12H2,(H,21,22,23). The van der Waals surface area contributed by atoms with Crippen LogP contribution in [0, 0.1) is 10.1 Å². The van der Waals surface area contributed by atoms with Gasteiger partial charge in [-0.05, 0) is 30.3 Å². The normalized spacial score (nSPS) is 10.6. The second kappa shape index (κ2) is 7.72. The highest BCUT2D eigenvalue weighted by molar-refractivity contribution is 5.97. The van der Waals surface area contributed by atoms with E-state index in [0.29, 0.717) is 17.1 Å². The van der Waals surface area contributed by atoms with Crippen molar-refractivity contribution < 1.29 is 14.1 Å². The number of non-ortho nitro benzene ring substituents is 1. The lowest BCUT2D eigenvalue weighted by Crippen LogP contribution is -2.17. The van der Waals surface area contributed by atoms with E-state index in [1.165, 1.54) is 30.5 Å². The minimum absolute atomic E-state index is 0.114. The summed E-state index contributed by atoms with van der Waals surface area (Å²) < 4.78 is 6.36. The van der Waals surface area contributed by atoms with Crippen molar-refractivity contribution >= 4 is 17.5 Å². The van der Waals surface area contributed by atoms with Crippen LogP contribution in [0.5, 0.6) is 0 Å². The summed E-state index contributed by atoms with van der Waals surface area (Å²) in [6, 6.07) is 12.5. The Kier molecular flexibility index (Phi) is 4.81. The molecule has 1 aromatic carbocycles. The van der Waals surface area contributed by atoms with Crippen molar-refractivity contribution in [3.05, 3.63) is 88.6 Å². The van der Waals surface area contributed by atoms with Crippen LogP contribution in [0.3, 0.4) is 0 Å². The predicted molar refractivity (Wildman–Crippen MR) is 102 cm³/mol. The summed E-state index contributed by atoms with van der Waals surface area (Å²) in [7, 11) is 0. The first-order valence-electron chi connectivity index (χ1n) is 8.54. The van der Waals surface area contributed by atoms with Gasteiger partial charge < -0.3 is 9.73 Å². The number of furan rings is 1. The third-order valence-corrected chi connectivity index (χ3v) is 4.02. The molecule has 0 aliphatic heterocycles. The Bertz CT molecular complexity index is 1150. The number of hydrogen-bond acceptors (Lipinski definition) is 8. The molecular weight excluding hydrogens is 376 g/mol. The van der Waals surface area contributed by atoms with Crippen LogP contribution in [0.15, 0.2) is 71.6 Å². The smallest absolute Gasteiger partial charge is 0.281 e. The Morgan fingerprint density at radius 1 is 1.21 bits per heavy atom. The number of nitrogens with zero attached hydrogens (tertiary/aromatic N) is 5. The molecule has 0 atom stereocenters. The first-order chi connectivity index (χ1) is 14.1. The van der Waals surface area contributed by atoms with Crippen LogP contribution in [0.1, 0.15) is 16.1 Å². The van der Waals surface area contributed by atoms with E-state index < -0.39 is 10.8 Å². The van der Waals surface area contributed by atoms with Gasteiger partial charge in [0.15, 0.2) is 5.82 Å². The Balaban J connectivity index is 1.71. The largest absolute Gasteiger partial charge is 0.467 e. The maximum atomic E-state index is 13.0. The lowest BCUT2D eigenvalue weighted by molar-refractivity contribution is -0.384. The molecule has 0 spiro atoms. The first-order valence-corrected chi connectivity index (χ1v) is 8.54. The van der Waals surface area contributed by atoms with Gasteiger partial charge in [-0.3, -0.25) is 19.9 Å². The van der Waals surface area contributed by atoms with Gasteiger partial charge in [0.2, 0.25) is 5.95 Å². The van der Waals surface area contributed by atoms with Crippen LogP contribution < -0.4 is 5.32 Å². The maximum absolute atomic E-state index is 13.0. The number of hydrogen-bond donors (Lipinski definition) is 1. The molecule has 4 rings (SSSR count). The van der Waals surface area contributed by atoms with Crippen molar-refractivity contribution in [3.8, 4) is 11.4 Å². The van der Waals surface area contributed by atoms with Crippen LogP contribution in [0.25, 0.3) is 11.4 Å². The zero-order valence-electron chi connectivity index (χ0n) is 14.9. The van der Waals surface area contributed by atoms with Crippen molar-refractivity contribution in [2.24, 2.45) is 0 Å². The van der Waals surface area contributed by atoms with Crippen LogP contribution in [-0.2, 0) is 6.54 Å². The molecule has 0 unspecified atom stereocenters. The summed E-state index contributed by atoms with van der Waals surface area (Å²) in [6.07, 6.45) is 4.73. The zero-order valence-corrected chi connectivity index (χ0v) is 14.9. The van der Waals surface area contributed by atoms with Crippen molar-refractivity contribution in [3.63, 3.8) is 0 Å². The molecule has 0 aliphatic rings. The molecular formula is C19H14N6O4. The highest BCUT2D eigenvalue weighted by atomic mass is 16.6. The van der Waals surface area contributed by atoms with E-state index in [4.69, 9.17) is 4.42 Å². The molecule has 0 radical (unpaired) electrons. The van der Waals surface area contributed by atoms with Crippen molar-refractivity contribution in [1.29, 1.82) is 0 Å². The van der Waals surface area contributed by atoms with E-state index in [9.17, 15) is 14.9 Å². The van der Waals surface area contributed by atoms with Gasteiger partial charge in [-0.1, -0.05) is 6.07 Å². The van der Waals surface area contributed by atoms with Gasteiger partial charge in [-0.25, -0.2) is 0 Å². The lowest BCUT2D eigenvalue weighted by Gasteiger charge is -2.06. The minimum atomic E-state index is -0.560. The zero-order chi connectivity index (χ0) is 20.2. The van der Waals surface area contributed by atoms with E-state index in [1.807, 2.05) is 0 Å². The van der Waals surface area contributed by atoms with Gasteiger partial charge in [-0.15, -0.1) is 5.10 Å². The van der Waals surface area contributed by atoms with Gasteiger partial charge in [-0.2, -0.15) is 9.67 Å². The highest BCUT2D eigenvalue weighted by Crippen LogP contribution is 2.20. The molecule has 4 aromatic rings. The number of aromatic nitrogens is 4. The van der Waals surface area contributed by atoms with Gasteiger partial charge >= 0.3 is 0 Å². The molecule has 3 aromatic heterocycles. The molecule has 1 N–H and O–H groups in total. The number of anilines is 1. The lowest BCUT2D eigenvalue weighted by atomic mass is 10.2. The molecule has 0 bridgehead atoms. The monoisotopic (exact) mass is 390 g/mol. The van der Waals surface area contributed by atoms with Crippen molar-refractivity contribution in [2.45, 2.75) is 6.54 Å². The molecule has 0 saturated heterocycles. The Morgan fingerprint density at radius 2 is 2.10 bits per heavy atom. The fraction of sp³-hybridized carbons (Fsp3) is 0.0526. The Labute approximate surface area is 164 Å². The summed E-state index contributed by atoms with van der Waals surface area (Å²) in [5.74, 6) is 0.555. The van der Waals surface area contributed by atoms with E-state index in [-0.39, 0.29) is 23.7 Å². The van der Waals surface area contributed by atoms with Gasteiger partial charge in [0, 0.05) is 35.7 Å². The summed E-state index contributed by atoms with van der Waals surface area (Å²) in [4.78, 5) is 31.9. The third-order valence-electron chi connectivity index (χ3n) is 4.02. The number of nitro benzene ring substituents is 1. The summed E-state index contributed by atoms with van der Waals surface area (Å²) in [6.45, 7) is 0.278. The summed E-state index contributed by atoms with van der Waals surface area (Å²) in [5.41, 5.74) is 0.551. The highest BCUT2D eigenvalue weighted by Gasteiger charge is 2.20. The molecule has 29 heavy (non-hydrogen) atoms. The average molecular weight is 390 g/mol. The van der Waals surface area contributed by atoms with Crippen LogP contribution in [0.4, 0.5) is 11.6 Å². The number of rotatable bonds is 6. The van der Waals surface area contributed by atoms with E-state index in [0.717, 1.165) is 4.68 Å². The molecule has 10 heteroatoms. The first kappa shape index (κ1) is 18.0. The number of benzene rings is 1. The molecule has 3 heterocycles.